The van der Waals surface area contributed by atoms with Gasteiger partial charge in [0.1, 0.15) is 35.5 Å². The van der Waals surface area contributed by atoms with E-state index in [1.54, 1.807) is 0 Å². The number of aryl methyl sites for hydroxylation is 2. The molecule has 1 heterocycles. The molecular weight excluding hydrogens is 373 g/mol. The number of aromatic nitrogens is 2. The van der Waals surface area contributed by atoms with Crippen molar-refractivity contribution in [2.75, 3.05) is 5.73 Å². The number of nitrogens with two attached hydrogens (primary N) is 1. The van der Waals surface area contributed by atoms with Crippen molar-refractivity contribution < 1.29 is 4.57 Å². The largest absolute Gasteiger partial charge is 0.362 e. The average Bonchev–Trinajstić information content (AvgIpc) is 2.77. The summed E-state index contributed by atoms with van der Waals surface area (Å²) in [7, 11) is 0.0563. The Morgan fingerprint density at radius 3 is 1.59 bits per heavy atom. The zero-order valence-corrected chi connectivity index (χ0v) is 17.8. The second-order valence-electron chi connectivity index (χ2n) is 7.28. The van der Waals surface area contributed by atoms with E-state index in [0.29, 0.717) is 5.82 Å². The Labute approximate surface area is 173 Å². The van der Waals surface area contributed by atoms with Gasteiger partial charge in [-0.15, -0.1) is 0 Å². The lowest BCUT2D eigenvalue weighted by atomic mass is 10.3. The Bertz CT molecular complexity index is 1000. The minimum atomic E-state index is -1.97. The molecule has 29 heavy (non-hydrogen) atoms. The lowest BCUT2D eigenvalue weighted by Gasteiger charge is -2.27. The van der Waals surface area contributed by atoms with E-state index in [1.807, 2.05) is 14.0 Å². The first kappa shape index (κ1) is 19.3. The van der Waals surface area contributed by atoms with Crippen molar-refractivity contribution in [1.29, 1.82) is 0 Å². The monoisotopic (exact) mass is 399 g/mol. The number of nitrogen functional groups attached to an aromatic ring is 1. The molecule has 0 fully saturated rings. The molecule has 3 aromatic carbocycles. The molecule has 0 radical (unpaired) electrons. The Hall–Kier alpha value is -3.03. The number of anilines is 1. The molecule has 0 bridgehead atoms. The van der Waals surface area contributed by atoms with Crippen LogP contribution >= 0.6 is 7.26 Å². The standard InChI is InChI=1S/C25H25N3P/c1-20-27-25(26)21(18-28(20)2)19-29(22-12-6-3-7-13-22,23-14-8-4-9-15-23)24-16-10-5-11-17-24/h3-18,26H,19H2,1-2H3/q+1/p+1. The predicted molar refractivity (Wildman–Crippen MR) is 123 cm³/mol. The van der Waals surface area contributed by atoms with E-state index in [4.69, 9.17) is 5.73 Å². The maximum atomic E-state index is 6.43. The molecule has 0 saturated heterocycles. The number of rotatable bonds is 5. The molecule has 1 aromatic heterocycles. The van der Waals surface area contributed by atoms with Crippen LogP contribution in [0, 0.1) is 6.92 Å². The summed E-state index contributed by atoms with van der Waals surface area (Å²) in [5.41, 5.74) is 7.51. The van der Waals surface area contributed by atoms with E-state index < -0.39 is 7.26 Å². The van der Waals surface area contributed by atoms with Crippen LogP contribution in [0.1, 0.15) is 11.4 Å². The molecule has 4 aromatic rings. The Kier molecular flexibility index (Phi) is 5.42. The third-order valence-corrected chi connectivity index (χ3v) is 9.82. The second-order valence-corrected chi connectivity index (χ2v) is 10.8. The number of hydrogen-bond acceptors (Lipinski definition) is 2. The van der Waals surface area contributed by atoms with Crippen LogP contribution in [0.4, 0.5) is 5.82 Å². The summed E-state index contributed by atoms with van der Waals surface area (Å²) < 4.78 is 2.06. The summed E-state index contributed by atoms with van der Waals surface area (Å²) in [6.07, 6.45) is 2.97. The van der Waals surface area contributed by atoms with Gasteiger partial charge in [-0.25, -0.2) is 4.57 Å². The van der Waals surface area contributed by atoms with Gasteiger partial charge in [-0.05, 0) is 41.4 Å². The van der Waals surface area contributed by atoms with Crippen molar-refractivity contribution in [1.82, 2.24) is 4.98 Å². The minimum Gasteiger partial charge on any atom is -0.362 e. The SMILES string of the molecule is Cc1nc(N)c(C[P+](c2ccccc2)(c2ccccc2)c2ccccc2)c[n+]1C. The van der Waals surface area contributed by atoms with Gasteiger partial charge >= 0.3 is 0 Å². The molecule has 4 rings (SSSR count). The van der Waals surface area contributed by atoms with Crippen LogP contribution in [-0.2, 0) is 13.2 Å². The van der Waals surface area contributed by atoms with E-state index in [2.05, 4.69) is 107 Å². The molecule has 144 valence electrons. The fourth-order valence-corrected chi connectivity index (χ4v) is 8.10. The highest BCUT2D eigenvalue weighted by molar-refractivity contribution is 7.95. The van der Waals surface area contributed by atoms with E-state index in [1.165, 1.54) is 15.9 Å². The van der Waals surface area contributed by atoms with Gasteiger partial charge in [-0.3, -0.25) is 0 Å². The molecule has 0 spiro atoms. The van der Waals surface area contributed by atoms with Crippen LogP contribution in [0.5, 0.6) is 0 Å². The first-order valence-electron chi connectivity index (χ1n) is 9.78. The summed E-state index contributed by atoms with van der Waals surface area (Å²) in [4.78, 5) is 4.60. The summed E-state index contributed by atoms with van der Waals surface area (Å²) in [5, 5.41) is 4.04. The minimum absolute atomic E-state index is 0.618. The molecule has 0 aliphatic heterocycles. The maximum absolute atomic E-state index is 6.43. The van der Waals surface area contributed by atoms with Crippen molar-refractivity contribution in [3.05, 3.63) is 109 Å². The smallest absolute Gasteiger partial charge is 0.297 e. The van der Waals surface area contributed by atoms with Crippen LogP contribution in [0.2, 0.25) is 0 Å². The average molecular weight is 399 g/mol. The molecule has 0 aliphatic rings. The first-order valence-corrected chi connectivity index (χ1v) is 11.8. The lowest BCUT2D eigenvalue weighted by molar-refractivity contribution is -0.681. The summed E-state index contributed by atoms with van der Waals surface area (Å²) in [5.74, 6) is 1.53. The second kappa shape index (κ2) is 8.14. The number of nitrogens with zero attached hydrogens (tertiary/aromatic N) is 2. The van der Waals surface area contributed by atoms with Crippen molar-refractivity contribution >= 4 is 29.0 Å². The fourth-order valence-electron chi connectivity index (χ4n) is 3.86. The van der Waals surface area contributed by atoms with Gasteiger partial charge in [0.25, 0.3) is 5.82 Å². The van der Waals surface area contributed by atoms with Crippen LogP contribution in [0.15, 0.2) is 97.2 Å². The van der Waals surface area contributed by atoms with E-state index in [0.717, 1.165) is 17.5 Å². The zero-order chi connectivity index (χ0) is 20.3. The number of hydrogen-bond donors (Lipinski definition) is 1. The zero-order valence-electron chi connectivity index (χ0n) is 16.9. The van der Waals surface area contributed by atoms with E-state index in [-0.39, 0.29) is 0 Å². The normalized spacial score (nSPS) is 11.4. The molecule has 0 atom stereocenters. The Balaban J connectivity index is 2.02. The van der Waals surface area contributed by atoms with Crippen molar-refractivity contribution in [2.24, 2.45) is 7.05 Å². The summed E-state index contributed by atoms with van der Waals surface area (Å²) in [6, 6.07) is 32.6. The summed E-state index contributed by atoms with van der Waals surface area (Å²) >= 11 is 0. The van der Waals surface area contributed by atoms with Gasteiger partial charge in [-0.2, -0.15) is 0 Å². The van der Waals surface area contributed by atoms with Crippen LogP contribution in [0.25, 0.3) is 0 Å². The molecule has 2 N–H and O–H groups in total. The van der Waals surface area contributed by atoms with E-state index >= 15 is 0 Å². The molecule has 0 amide bonds. The fraction of sp³-hybridized carbons (Fsp3) is 0.120. The van der Waals surface area contributed by atoms with Crippen LogP contribution in [0.3, 0.4) is 0 Å². The molecule has 3 nitrogen and oxygen atoms in total. The molecule has 0 saturated carbocycles. The molecular formula is C25H26N3P+2. The highest BCUT2D eigenvalue weighted by Crippen LogP contribution is 2.58. The van der Waals surface area contributed by atoms with Gasteiger partial charge in [0.2, 0.25) is 5.82 Å². The van der Waals surface area contributed by atoms with Crippen molar-refractivity contribution in [3.63, 3.8) is 0 Å². The molecule has 0 aliphatic carbocycles. The lowest BCUT2D eigenvalue weighted by Crippen LogP contribution is -2.36. The van der Waals surface area contributed by atoms with E-state index in [9.17, 15) is 0 Å². The third kappa shape index (κ3) is 3.66. The highest BCUT2D eigenvalue weighted by Gasteiger charge is 2.46. The maximum Gasteiger partial charge on any atom is 0.297 e. The van der Waals surface area contributed by atoms with Crippen molar-refractivity contribution in [2.45, 2.75) is 13.1 Å². The molecule has 0 unspecified atom stereocenters. The van der Waals surface area contributed by atoms with Crippen molar-refractivity contribution in [3.8, 4) is 0 Å². The topological polar surface area (TPSA) is 42.8 Å². The molecule has 4 heteroatoms. The Morgan fingerprint density at radius 1 is 0.759 bits per heavy atom. The van der Waals surface area contributed by atoms with Gasteiger partial charge in [0, 0.05) is 6.92 Å². The van der Waals surface area contributed by atoms with Gasteiger partial charge < -0.3 is 5.73 Å². The number of benzene rings is 3. The first-order chi connectivity index (χ1) is 14.1. The quantitative estimate of drug-likeness (QED) is 0.413. The van der Waals surface area contributed by atoms with Crippen LogP contribution in [-0.4, -0.2) is 4.98 Å². The predicted octanol–water partition coefficient (Wildman–Crippen LogP) is 3.29. The summed E-state index contributed by atoms with van der Waals surface area (Å²) in [6.45, 7) is 1.98. The van der Waals surface area contributed by atoms with Gasteiger partial charge in [-0.1, -0.05) is 54.6 Å². The van der Waals surface area contributed by atoms with Crippen LogP contribution < -0.4 is 26.2 Å². The Morgan fingerprint density at radius 2 is 1.17 bits per heavy atom. The van der Waals surface area contributed by atoms with Gasteiger partial charge in [0.05, 0.1) is 12.6 Å². The third-order valence-electron chi connectivity index (χ3n) is 5.47. The van der Waals surface area contributed by atoms with Gasteiger partial charge in [0.15, 0.2) is 0 Å². The highest BCUT2D eigenvalue weighted by atomic mass is 31.2.